The van der Waals surface area contributed by atoms with Crippen LogP contribution in [0.15, 0.2) is 62.9 Å². The van der Waals surface area contributed by atoms with Gasteiger partial charge in [-0.15, -0.1) is 0 Å². The van der Waals surface area contributed by atoms with Gasteiger partial charge in [-0.25, -0.2) is 4.79 Å². The summed E-state index contributed by atoms with van der Waals surface area (Å²) >= 11 is 0. The zero-order valence-electron chi connectivity index (χ0n) is 14.3. The van der Waals surface area contributed by atoms with Crippen LogP contribution >= 0.6 is 0 Å². The van der Waals surface area contributed by atoms with E-state index in [1.165, 1.54) is 13.2 Å². The van der Waals surface area contributed by atoms with Crippen LogP contribution in [0.3, 0.4) is 0 Å². The Bertz CT molecular complexity index is 1100. The molecule has 3 N–H and O–H groups in total. The van der Waals surface area contributed by atoms with Crippen LogP contribution in [-0.2, 0) is 11.3 Å². The molecule has 0 radical (unpaired) electrons. The number of furan rings is 1. The largest absolute Gasteiger partial charge is 0.467 e. The number of carbonyl (C=O) groups is 2. The van der Waals surface area contributed by atoms with Crippen molar-refractivity contribution < 1.29 is 14.0 Å². The fraction of sp³-hybridized carbons (Fsp3) is 0.111. The van der Waals surface area contributed by atoms with Gasteiger partial charge in [-0.2, -0.15) is 0 Å². The molecule has 0 aliphatic heterocycles. The molecule has 0 unspecified atom stereocenters. The maximum Gasteiger partial charge on any atom is 0.328 e. The highest BCUT2D eigenvalue weighted by atomic mass is 16.3. The van der Waals surface area contributed by atoms with E-state index in [1.807, 2.05) is 0 Å². The van der Waals surface area contributed by atoms with Crippen LogP contribution < -0.4 is 21.9 Å². The molecule has 0 fully saturated rings. The van der Waals surface area contributed by atoms with E-state index < -0.39 is 17.2 Å². The summed E-state index contributed by atoms with van der Waals surface area (Å²) in [5.41, 5.74) is -0.746. The molecule has 2 heterocycles. The fourth-order valence-corrected chi connectivity index (χ4v) is 2.45. The Labute approximate surface area is 152 Å². The number of rotatable bonds is 5. The Hall–Kier alpha value is -3.88. The average Bonchev–Trinajstić information content (AvgIpc) is 3.11. The maximum absolute atomic E-state index is 12.5. The van der Waals surface area contributed by atoms with E-state index in [0.29, 0.717) is 17.1 Å². The van der Waals surface area contributed by atoms with Gasteiger partial charge in [0.15, 0.2) is 0 Å². The summed E-state index contributed by atoms with van der Waals surface area (Å²) in [5, 5.41) is 5.17. The van der Waals surface area contributed by atoms with Crippen molar-refractivity contribution in [2.45, 2.75) is 13.5 Å². The van der Waals surface area contributed by atoms with E-state index in [0.717, 1.165) is 10.8 Å². The van der Waals surface area contributed by atoms with E-state index in [4.69, 9.17) is 4.42 Å². The van der Waals surface area contributed by atoms with Crippen molar-refractivity contribution in [3.8, 4) is 0 Å². The molecule has 9 heteroatoms. The average molecular weight is 368 g/mol. The lowest BCUT2D eigenvalue weighted by molar-refractivity contribution is -0.114. The number of nitrogens with one attached hydrogen (secondary N) is 3. The summed E-state index contributed by atoms with van der Waals surface area (Å²) in [6.07, 6.45) is 2.49. The Morgan fingerprint density at radius 1 is 1.11 bits per heavy atom. The number of aromatic nitrogens is 2. The number of hydrogen-bond acceptors (Lipinski definition) is 5. The maximum atomic E-state index is 12.5. The Kier molecular flexibility index (Phi) is 5.02. The summed E-state index contributed by atoms with van der Waals surface area (Å²) in [6, 6.07) is 9.71. The van der Waals surface area contributed by atoms with Crippen LogP contribution in [0.4, 0.5) is 11.4 Å². The molecule has 9 nitrogen and oxygen atoms in total. The van der Waals surface area contributed by atoms with Crippen LogP contribution in [0.2, 0.25) is 0 Å². The molecule has 0 saturated carbocycles. The first-order valence-corrected chi connectivity index (χ1v) is 7.98. The number of H-pyrrole nitrogens is 1. The van der Waals surface area contributed by atoms with Gasteiger partial charge >= 0.3 is 5.69 Å². The molecule has 0 bridgehead atoms. The number of carbonyl (C=O) groups excluding carboxylic acids is 2. The highest BCUT2D eigenvalue weighted by Gasteiger charge is 2.16. The van der Waals surface area contributed by atoms with E-state index in [2.05, 4.69) is 15.6 Å². The quantitative estimate of drug-likeness (QED) is 0.627. The second-order valence-electron chi connectivity index (χ2n) is 5.69. The third-order valence-corrected chi connectivity index (χ3v) is 3.64. The van der Waals surface area contributed by atoms with Gasteiger partial charge < -0.3 is 20.0 Å². The molecule has 2 amide bonds. The van der Waals surface area contributed by atoms with Gasteiger partial charge in [0.05, 0.1) is 12.8 Å². The zero-order chi connectivity index (χ0) is 19.4. The van der Waals surface area contributed by atoms with Crippen molar-refractivity contribution in [3.05, 3.63) is 81.0 Å². The van der Waals surface area contributed by atoms with E-state index in [1.54, 1.807) is 36.4 Å². The summed E-state index contributed by atoms with van der Waals surface area (Å²) in [4.78, 5) is 50.5. The summed E-state index contributed by atoms with van der Waals surface area (Å²) < 4.78 is 6.02. The normalized spacial score (nSPS) is 10.4. The lowest BCUT2D eigenvalue weighted by Gasteiger charge is -2.09. The topological polar surface area (TPSA) is 126 Å². The highest BCUT2D eigenvalue weighted by Crippen LogP contribution is 2.15. The predicted octanol–water partition coefficient (Wildman–Crippen LogP) is 1.39. The number of nitrogens with zero attached hydrogens (tertiary/aromatic N) is 1. The van der Waals surface area contributed by atoms with Crippen molar-refractivity contribution in [2.24, 2.45) is 0 Å². The van der Waals surface area contributed by atoms with Crippen molar-refractivity contribution in [1.29, 1.82) is 0 Å². The van der Waals surface area contributed by atoms with Crippen molar-refractivity contribution in [1.82, 2.24) is 9.55 Å². The smallest absolute Gasteiger partial charge is 0.328 e. The summed E-state index contributed by atoms with van der Waals surface area (Å²) in [6.45, 7) is 1.27. The molecule has 0 spiro atoms. The number of aromatic amines is 1. The lowest BCUT2D eigenvalue weighted by atomic mass is 10.2. The number of amides is 2. The Morgan fingerprint density at radius 3 is 2.52 bits per heavy atom. The van der Waals surface area contributed by atoms with Gasteiger partial charge in [0.1, 0.15) is 11.3 Å². The molecule has 0 atom stereocenters. The molecule has 0 aliphatic rings. The lowest BCUT2D eigenvalue weighted by Crippen LogP contribution is -2.39. The third-order valence-electron chi connectivity index (χ3n) is 3.64. The minimum Gasteiger partial charge on any atom is -0.467 e. The molecule has 3 aromatic rings. The molecule has 138 valence electrons. The molecule has 1 aromatic carbocycles. The predicted molar refractivity (Wildman–Crippen MR) is 97.8 cm³/mol. The first-order valence-electron chi connectivity index (χ1n) is 7.98. The number of benzene rings is 1. The minimum atomic E-state index is -0.745. The number of hydrogen-bond donors (Lipinski definition) is 3. The second-order valence-corrected chi connectivity index (χ2v) is 5.69. The van der Waals surface area contributed by atoms with E-state index >= 15 is 0 Å². The van der Waals surface area contributed by atoms with Gasteiger partial charge in [0, 0.05) is 24.5 Å². The molecule has 27 heavy (non-hydrogen) atoms. The Balaban J connectivity index is 1.86. The van der Waals surface area contributed by atoms with Crippen LogP contribution in [-0.4, -0.2) is 21.4 Å². The Morgan fingerprint density at radius 2 is 1.85 bits per heavy atom. The van der Waals surface area contributed by atoms with Gasteiger partial charge in [0.2, 0.25) is 5.91 Å². The monoisotopic (exact) mass is 368 g/mol. The van der Waals surface area contributed by atoms with Crippen molar-refractivity contribution >= 4 is 23.2 Å². The van der Waals surface area contributed by atoms with Crippen LogP contribution in [0.25, 0.3) is 0 Å². The first-order chi connectivity index (χ1) is 12.9. The van der Waals surface area contributed by atoms with Gasteiger partial charge in [-0.05, 0) is 30.3 Å². The van der Waals surface area contributed by atoms with Crippen LogP contribution in [0.5, 0.6) is 0 Å². The van der Waals surface area contributed by atoms with Crippen LogP contribution in [0, 0.1) is 0 Å². The fourth-order valence-electron chi connectivity index (χ4n) is 2.45. The van der Waals surface area contributed by atoms with Crippen molar-refractivity contribution in [3.63, 3.8) is 0 Å². The summed E-state index contributed by atoms with van der Waals surface area (Å²) in [7, 11) is 0. The number of anilines is 2. The third kappa shape index (κ3) is 4.21. The molecular weight excluding hydrogens is 352 g/mol. The molecule has 2 aromatic heterocycles. The summed E-state index contributed by atoms with van der Waals surface area (Å²) in [5.74, 6) is -0.535. The first kappa shape index (κ1) is 17.9. The van der Waals surface area contributed by atoms with E-state index in [9.17, 15) is 19.2 Å². The highest BCUT2D eigenvalue weighted by molar-refractivity contribution is 6.04. The van der Waals surface area contributed by atoms with Crippen molar-refractivity contribution in [2.75, 3.05) is 10.6 Å². The standard InChI is InChI=1S/C18H16N4O5/c1-11(23)20-12-4-2-5-13(8-12)21-16(24)15-9-19-18(26)22(17(15)25)10-14-6-3-7-27-14/h2-9H,10H2,1H3,(H,19,26)(H,20,23)(H,21,24). The molecule has 0 aliphatic carbocycles. The molecule has 0 saturated heterocycles. The molecule has 3 rings (SSSR count). The zero-order valence-corrected chi connectivity index (χ0v) is 14.3. The van der Waals surface area contributed by atoms with Gasteiger partial charge in [-0.1, -0.05) is 6.07 Å². The van der Waals surface area contributed by atoms with Crippen LogP contribution in [0.1, 0.15) is 23.0 Å². The van der Waals surface area contributed by atoms with E-state index in [-0.39, 0.29) is 18.0 Å². The second kappa shape index (κ2) is 7.56. The molecular formula is C18H16N4O5. The SMILES string of the molecule is CC(=O)Nc1cccc(NC(=O)c2c[nH]c(=O)n(Cc3ccco3)c2=O)c1. The van der Waals surface area contributed by atoms with Gasteiger partial charge in [-0.3, -0.25) is 19.0 Å². The minimum absolute atomic E-state index is 0.0969. The van der Waals surface area contributed by atoms with Gasteiger partial charge in [0.25, 0.3) is 11.5 Å².